The summed E-state index contributed by atoms with van der Waals surface area (Å²) < 4.78 is 0. The maximum absolute atomic E-state index is 2.65. The molecular weight excluding hydrogens is 196 g/mol. The molecule has 2 rings (SSSR count). The van der Waals surface area contributed by atoms with Crippen LogP contribution in [0.2, 0.25) is 0 Å². The van der Waals surface area contributed by atoms with E-state index in [-0.39, 0.29) is 0 Å². The summed E-state index contributed by atoms with van der Waals surface area (Å²) in [6.45, 7) is 13.6. The molecule has 0 atom stereocenters. The summed E-state index contributed by atoms with van der Waals surface area (Å²) >= 11 is 0. The number of likely N-dealkylation sites (tertiary alicyclic amines) is 2. The van der Waals surface area contributed by atoms with Crippen molar-refractivity contribution in [2.24, 2.45) is 5.41 Å². The second kappa shape index (κ2) is 5.05. The molecule has 2 aliphatic heterocycles. The third kappa shape index (κ3) is 2.60. The maximum atomic E-state index is 2.65. The van der Waals surface area contributed by atoms with Gasteiger partial charge in [0.1, 0.15) is 0 Å². The SMILES string of the molecule is CCN1CCC2(CC1)CCN(C(C)C)CC2. The van der Waals surface area contributed by atoms with Crippen LogP contribution in [0.1, 0.15) is 46.5 Å². The van der Waals surface area contributed by atoms with Crippen molar-refractivity contribution in [1.29, 1.82) is 0 Å². The first-order chi connectivity index (χ1) is 7.65. The second-order valence-electron chi connectivity index (χ2n) is 6.06. The van der Waals surface area contributed by atoms with Crippen LogP contribution >= 0.6 is 0 Å². The Kier molecular flexibility index (Phi) is 3.91. The molecule has 0 aromatic rings. The highest BCUT2D eigenvalue weighted by Gasteiger charge is 2.37. The molecule has 0 aromatic heterocycles. The quantitative estimate of drug-likeness (QED) is 0.711. The average molecular weight is 224 g/mol. The number of rotatable bonds is 2. The van der Waals surface area contributed by atoms with Crippen LogP contribution in [0.15, 0.2) is 0 Å². The molecule has 94 valence electrons. The zero-order chi connectivity index (χ0) is 11.6. The molecule has 0 aromatic carbocycles. The van der Waals surface area contributed by atoms with Gasteiger partial charge in [0, 0.05) is 6.04 Å². The monoisotopic (exact) mass is 224 g/mol. The van der Waals surface area contributed by atoms with Gasteiger partial charge in [-0.05, 0) is 77.7 Å². The van der Waals surface area contributed by atoms with Gasteiger partial charge >= 0.3 is 0 Å². The zero-order valence-corrected chi connectivity index (χ0v) is 11.3. The Morgan fingerprint density at radius 1 is 0.938 bits per heavy atom. The lowest BCUT2D eigenvalue weighted by atomic mass is 9.71. The van der Waals surface area contributed by atoms with E-state index in [9.17, 15) is 0 Å². The van der Waals surface area contributed by atoms with Crippen LogP contribution < -0.4 is 0 Å². The molecular formula is C14H28N2. The zero-order valence-electron chi connectivity index (χ0n) is 11.3. The molecule has 2 saturated heterocycles. The van der Waals surface area contributed by atoms with Crippen LogP contribution in [-0.4, -0.2) is 48.6 Å². The molecule has 0 amide bonds. The van der Waals surface area contributed by atoms with Gasteiger partial charge in [-0.2, -0.15) is 0 Å². The largest absolute Gasteiger partial charge is 0.304 e. The lowest BCUT2D eigenvalue weighted by Gasteiger charge is -2.47. The minimum Gasteiger partial charge on any atom is -0.304 e. The summed E-state index contributed by atoms with van der Waals surface area (Å²) in [7, 11) is 0. The average Bonchev–Trinajstić information content (AvgIpc) is 2.31. The Morgan fingerprint density at radius 2 is 1.44 bits per heavy atom. The van der Waals surface area contributed by atoms with E-state index in [0.717, 1.165) is 11.5 Å². The van der Waals surface area contributed by atoms with E-state index >= 15 is 0 Å². The van der Waals surface area contributed by atoms with Gasteiger partial charge in [0.25, 0.3) is 0 Å². The first kappa shape index (κ1) is 12.4. The van der Waals surface area contributed by atoms with E-state index in [4.69, 9.17) is 0 Å². The lowest BCUT2D eigenvalue weighted by Crippen LogP contribution is -2.48. The van der Waals surface area contributed by atoms with Gasteiger partial charge in [0.05, 0.1) is 0 Å². The van der Waals surface area contributed by atoms with E-state index in [1.54, 1.807) is 0 Å². The molecule has 0 aliphatic carbocycles. The molecule has 2 heteroatoms. The number of nitrogens with zero attached hydrogens (tertiary/aromatic N) is 2. The third-order valence-electron chi connectivity index (χ3n) is 4.95. The molecule has 1 spiro atoms. The minimum atomic E-state index is 0.719. The van der Waals surface area contributed by atoms with Gasteiger partial charge in [-0.15, -0.1) is 0 Å². The van der Waals surface area contributed by atoms with Crippen molar-refractivity contribution in [3.63, 3.8) is 0 Å². The summed E-state index contributed by atoms with van der Waals surface area (Å²) in [6.07, 6.45) is 5.80. The molecule has 2 nitrogen and oxygen atoms in total. The van der Waals surface area contributed by atoms with Crippen molar-refractivity contribution in [1.82, 2.24) is 9.80 Å². The van der Waals surface area contributed by atoms with Crippen LogP contribution in [0.3, 0.4) is 0 Å². The normalized spacial score (nSPS) is 27.8. The van der Waals surface area contributed by atoms with Crippen molar-refractivity contribution in [3.8, 4) is 0 Å². The summed E-state index contributed by atoms with van der Waals surface area (Å²) in [5.41, 5.74) is 0.719. The summed E-state index contributed by atoms with van der Waals surface area (Å²) in [5, 5.41) is 0. The van der Waals surface area contributed by atoms with Crippen LogP contribution in [0.25, 0.3) is 0 Å². The van der Waals surface area contributed by atoms with Gasteiger partial charge in [0.2, 0.25) is 0 Å². The summed E-state index contributed by atoms with van der Waals surface area (Å²) in [4.78, 5) is 5.26. The van der Waals surface area contributed by atoms with E-state index in [1.807, 2.05) is 0 Å². The van der Waals surface area contributed by atoms with Gasteiger partial charge in [-0.3, -0.25) is 0 Å². The van der Waals surface area contributed by atoms with Crippen molar-refractivity contribution in [2.45, 2.75) is 52.5 Å². The Labute approximate surface area is 101 Å². The van der Waals surface area contributed by atoms with Gasteiger partial charge < -0.3 is 9.80 Å². The summed E-state index contributed by atoms with van der Waals surface area (Å²) in [5.74, 6) is 0. The smallest absolute Gasteiger partial charge is 0.00385 e. The van der Waals surface area contributed by atoms with E-state index in [2.05, 4.69) is 30.6 Å². The van der Waals surface area contributed by atoms with E-state index < -0.39 is 0 Å². The summed E-state index contributed by atoms with van der Waals surface area (Å²) in [6, 6.07) is 0.744. The highest BCUT2D eigenvalue weighted by Crippen LogP contribution is 2.41. The predicted octanol–water partition coefficient (Wildman–Crippen LogP) is 2.59. The van der Waals surface area contributed by atoms with Crippen LogP contribution in [-0.2, 0) is 0 Å². The van der Waals surface area contributed by atoms with E-state index in [0.29, 0.717) is 0 Å². The Balaban J connectivity index is 1.84. The maximum Gasteiger partial charge on any atom is 0.00385 e. The number of hydrogen-bond donors (Lipinski definition) is 0. The van der Waals surface area contributed by atoms with E-state index in [1.165, 1.54) is 58.4 Å². The first-order valence-corrected chi connectivity index (χ1v) is 7.12. The van der Waals surface area contributed by atoms with Crippen molar-refractivity contribution < 1.29 is 0 Å². The first-order valence-electron chi connectivity index (χ1n) is 7.12. The number of piperidine rings is 2. The van der Waals surface area contributed by atoms with Crippen LogP contribution in [0, 0.1) is 5.41 Å². The van der Waals surface area contributed by atoms with Crippen molar-refractivity contribution in [2.75, 3.05) is 32.7 Å². The molecule has 0 bridgehead atoms. The Hall–Kier alpha value is -0.0800. The van der Waals surface area contributed by atoms with Gasteiger partial charge in [0.15, 0.2) is 0 Å². The highest BCUT2D eigenvalue weighted by molar-refractivity contribution is 4.90. The Morgan fingerprint density at radius 3 is 1.88 bits per heavy atom. The number of hydrogen-bond acceptors (Lipinski definition) is 2. The fourth-order valence-electron chi connectivity index (χ4n) is 3.36. The molecule has 2 aliphatic rings. The molecule has 0 saturated carbocycles. The fraction of sp³-hybridized carbons (Fsp3) is 1.00. The Bertz CT molecular complexity index is 207. The highest BCUT2D eigenvalue weighted by atomic mass is 15.2. The van der Waals surface area contributed by atoms with Crippen molar-refractivity contribution in [3.05, 3.63) is 0 Å². The third-order valence-corrected chi connectivity index (χ3v) is 4.95. The lowest BCUT2D eigenvalue weighted by molar-refractivity contribution is 0.0266. The predicted molar refractivity (Wildman–Crippen MR) is 69.7 cm³/mol. The molecule has 2 fully saturated rings. The molecule has 0 N–H and O–H groups in total. The molecule has 2 heterocycles. The van der Waals surface area contributed by atoms with Gasteiger partial charge in [-0.25, -0.2) is 0 Å². The van der Waals surface area contributed by atoms with Crippen LogP contribution in [0.4, 0.5) is 0 Å². The minimum absolute atomic E-state index is 0.719. The second-order valence-corrected chi connectivity index (χ2v) is 6.06. The molecule has 0 unspecified atom stereocenters. The molecule has 0 radical (unpaired) electrons. The van der Waals surface area contributed by atoms with Gasteiger partial charge in [-0.1, -0.05) is 6.92 Å². The standard InChI is InChI=1S/C14H28N2/c1-4-15-9-5-14(6-10-15)7-11-16(12-8-14)13(2)3/h13H,4-12H2,1-3H3. The molecule has 16 heavy (non-hydrogen) atoms. The topological polar surface area (TPSA) is 6.48 Å². The fourth-order valence-corrected chi connectivity index (χ4v) is 3.36. The van der Waals surface area contributed by atoms with Crippen LogP contribution in [0.5, 0.6) is 0 Å². The van der Waals surface area contributed by atoms with Crippen molar-refractivity contribution >= 4 is 0 Å².